The van der Waals surface area contributed by atoms with E-state index >= 15 is 0 Å². The number of benzene rings is 2. The molecule has 3 aromatic rings. The van der Waals surface area contributed by atoms with Crippen molar-refractivity contribution in [3.8, 4) is 0 Å². The van der Waals surface area contributed by atoms with Crippen molar-refractivity contribution in [2.45, 2.75) is 19.0 Å². The Hall–Kier alpha value is -2.96. The van der Waals surface area contributed by atoms with E-state index in [0.29, 0.717) is 17.8 Å². The van der Waals surface area contributed by atoms with Crippen molar-refractivity contribution in [3.63, 3.8) is 0 Å². The summed E-state index contributed by atoms with van der Waals surface area (Å²) in [5.74, 6) is -0.477. The number of aliphatic hydroxyl groups is 1. The lowest BCUT2D eigenvalue weighted by Gasteiger charge is -2.27. The van der Waals surface area contributed by atoms with Gasteiger partial charge in [0.05, 0.1) is 11.5 Å². The van der Waals surface area contributed by atoms with E-state index in [2.05, 4.69) is 5.32 Å². The Kier molecular flexibility index (Phi) is 7.55. The molecule has 29 heavy (non-hydrogen) atoms. The van der Waals surface area contributed by atoms with Crippen molar-refractivity contribution in [3.05, 3.63) is 94.2 Å². The van der Waals surface area contributed by atoms with Gasteiger partial charge >= 0.3 is 0 Å². The highest BCUT2D eigenvalue weighted by Crippen LogP contribution is 2.13. The molecule has 3 rings (SSSR count). The minimum absolute atomic E-state index is 0.143. The number of carbonyl (C=O) groups is 2. The second-order valence-corrected chi connectivity index (χ2v) is 7.61. The molecule has 150 valence electrons. The predicted molar refractivity (Wildman–Crippen MR) is 115 cm³/mol. The van der Waals surface area contributed by atoms with E-state index in [-0.39, 0.29) is 25.0 Å². The molecule has 1 unspecified atom stereocenters. The molecule has 0 aliphatic heterocycles. The minimum atomic E-state index is -0.720. The lowest BCUT2D eigenvalue weighted by molar-refractivity contribution is -0.134. The van der Waals surface area contributed by atoms with E-state index in [4.69, 9.17) is 0 Å². The summed E-state index contributed by atoms with van der Waals surface area (Å²) in [6, 6.07) is 22.1. The molecule has 0 saturated carbocycles. The van der Waals surface area contributed by atoms with Gasteiger partial charge in [-0.2, -0.15) is 0 Å². The smallest absolute Gasteiger partial charge is 0.262 e. The van der Waals surface area contributed by atoms with Crippen LogP contribution in [0.15, 0.2) is 78.2 Å². The molecule has 2 N–H and O–H groups in total. The molecular formula is C23H24N2O3S. The molecule has 6 heteroatoms. The van der Waals surface area contributed by atoms with E-state index in [1.807, 2.05) is 66.0 Å². The standard InChI is InChI=1S/C23H24N2O3S/c26-14-13-25(17-19-10-5-2-6-11-19)23(28)20(16-18-8-3-1-4-9-18)24-22(27)21-12-7-15-29-21/h1-12,15,20,26H,13-14,16-17H2,(H,24,27). The maximum atomic E-state index is 13.4. The summed E-state index contributed by atoms with van der Waals surface area (Å²) in [6.45, 7) is 0.434. The number of hydrogen-bond acceptors (Lipinski definition) is 4. The number of nitrogens with one attached hydrogen (secondary N) is 1. The van der Waals surface area contributed by atoms with E-state index < -0.39 is 6.04 Å². The van der Waals surface area contributed by atoms with Gasteiger partial charge in [-0.3, -0.25) is 9.59 Å². The zero-order valence-electron chi connectivity index (χ0n) is 16.0. The Morgan fingerprint density at radius 2 is 1.59 bits per heavy atom. The van der Waals surface area contributed by atoms with Crippen LogP contribution in [0.1, 0.15) is 20.8 Å². The Balaban J connectivity index is 1.81. The minimum Gasteiger partial charge on any atom is -0.395 e. The average Bonchev–Trinajstić information content (AvgIpc) is 3.29. The van der Waals surface area contributed by atoms with Crippen LogP contribution in [0.25, 0.3) is 0 Å². The maximum Gasteiger partial charge on any atom is 0.262 e. The normalized spacial score (nSPS) is 11.6. The summed E-state index contributed by atoms with van der Waals surface area (Å²) in [6.07, 6.45) is 0.382. The molecule has 0 aliphatic rings. The van der Waals surface area contributed by atoms with Crippen LogP contribution >= 0.6 is 11.3 Å². The lowest BCUT2D eigenvalue weighted by Crippen LogP contribution is -2.50. The van der Waals surface area contributed by atoms with Crippen LogP contribution in [-0.4, -0.2) is 41.0 Å². The van der Waals surface area contributed by atoms with Gasteiger partial charge < -0.3 is 15.3 Å². The molecule has 0 aliphatic carbocycles. The van der Waals surface area contributed by atoms with E-state index in [0.717, 1.165) is 11.1 Å². The predicted octanol–water partition coefficient (Wildman–Crippen LogP) is 3.11. The molecular weight excluding hydrogens is 384 g/mol. The SMILES string of the molecule is O=C(NC(Cc1ccccc1)C(=O)N(CCO)Cc1ccccc1)c1cccs1. The highest BCUT2D eigenvalue weighted by molar-refractivity contribution is 7.12. The van der Waals surface area contributed by atoms with E-state index in [9.17, 15) is 14.7 Å². The van der Waals surface area contributed by atoms with Gasteiger partial charge in [0.2, 0.25) is 5.91 Å². The van der Waals surface area contributed by atoms with E-state index in [1.165, 1.54) is 11.3 Å². The maximum absolute atomic E-state index is 13.4. The third-order valence-corrected chi connectivity index (χ3v) is 5.40. The molecule has 5 nitrogen and oxygen atoms in total. The van der Waals surface area contributed by atoms with Crippen molar-refractivity contribution < 1.29 is 14.7 Å². The van der Waals surface area contributed by atoms with Gasteiger partial charge in [-0.15, -0.1) is 11.3 Å². The Morgan fingerprint density at radius 1 is 0.931 bits per heavy atom. The summed E-state index contributed by atoms with van der Waals surface area (Å²) in [4.78, 5) is 28.1. The van der Waals surface area contributed by atoms with Crippen LogP contribution in [0.4, 0.5) is 0 Å². The molecule has 0 spiro atoms. The first-order chi connectivity index (χ1) is 14.2. The molecule has 2 aromatic carbocycles. The van der Waals surface area contributed by atoms with Gasteiger partial charge in [0.25, 0.3) is 5.91 Å². The highest BCUT2D eigenvalue weighted by atomic mass is 32.1. The van der Waals surface area contributed by atoms with Crippen molar-refractivity contribution in [1.82, 2.24) is 10.2 Å². The monoisotopic (exact) mass is 408 g/mol. The third kappa shape index (κ3) is 6.01. The second kappa shape index (κ2) is 10.5. The van der Waals surface area contributed by atoms with Gasteiger partial charge in [-0.05, 0) is 22.6 Å². The molecule has 0 fully saturated rings. The molecule has 0 saturated heterocycles. The number of rotatable bonds is 9. The number of hydrogen-bond donors (Lipinski definition) is 2. The van der Waals surface area contributed by atoms with Crippen molar-refractivity contribution in [2.75, 3.05) is 13.2 Å². The van der Waals surface area contributed by atoms with Gasteiger partial charge in [0, 0.05) is 19.5 Å². The van der Waals surface area contributed by atoms with E-state index in [1.54, 1.807) is 17.0 Å². The Morgan fingerprint density at radius 3 is 2.17 bits per heavy atom. The van der Waals surface area contributed by atoms with Crippen molar-refractivity contribution in [1.29, 1.82) is 0 Å². The first-order valence-corrected chi connectivity index (χ1v) is 10.4. The molecule has 1 heterocycles. The molecule has 2 amide bonds. The number of amides is 2. The number of carbonyl (C=O) groups excluding carboxylic acids is 2. The molecule has 0 radical (unpaired) electrons. The van der Waals surface area contributed by atoms with Crippen LogP contribution in [0.5, 0.6) is 0 Å². The fourth-order valence-corrected chi connectivity index (χ4v) is 3.73. The molecule has 1 aromatic heterocycles. The molecule has 1 atom stereocenters. The molecule has 0 bridgehead atoms. The summed E-state index contributed by atoms with van der Waals surface area (Å²) < 4.78 is 0. The largest absolute Gasteiger partial charge is 0.395 e. The van der Waals surface area contributed by atoms with Crippen LogP contribution < -0.4 is 5.32 Å². The lowest BCUT2D eigenvalue weighted by atomic mass is 10.0. The first kappa shape index (κ1) is 20.8. The van der Waals surface area contributed by atoms with Gasteiger partial charge in [0.15, 0.2) is 0 Å². The second-order valence-electron chi connectivity index (χ2n) is 6.66. The zero-order chi connectivity index (χ0) is 20.5. The van der Waals surface area contributed by atoms with Crippen molar-refractivity contribution >= 4 is 23.2 Å². The number of nitrogens with zero attached hydrogens (tertiary/aromatic N) is 1. The number of aliphatic hydroxyl groups excluding tert-OH is 1. The van der Waals surface area contributed by atoms with Crippen molar-refractivity contribution in [2.24, 2.45) is 0 Å². The van der Waals surface area contributed by atoms with Crippen LogP contribution in [0, 0.1) is 0 Å². The summed E-state index contributed by atoms with van der Waals surface area (Å²) in [7, 11) is 0. The average molecular weight is 409 g/mol. The summed E-state index contributed by atoms with van der Waals surface area (Å²) >= 11 is 1.34. The highest BCUT2D eigenvalue weighted by Gasteiger charge is 2.27. The van der Waals surface area contributed by atoms with Gasteiger partial charge in [0.1, 0.15) is 6.04 Å². The Bertz CT molecular complexity index is 898. The quantitative estimate of drug-likeness (QED) is 0.572. The third-order valence-electron chi connectivity index (χ3n) is 4.53. The van der Waals surface area contributed by atoms with Gasteiger partial charge in [-0.25, -0.2) is 0 Å². The number of thiophene rings is 1. The van der Waals surface area contributed by atoms with Crippen LogP contribution in [0.3, 0.4) is 0 Å². The van der Waals surface area contributed by atoms with Crippen LogP contribution in [0.2, 0.25) is 0 Å². The fraction of sp³-hybridized carbons (Fsp3) is 0.217. The van der Waals surface area contributed by atoms with Crippen LogP contribution in [-0.2, 0) is 17.8 Å². The summed E-state index contributed by atoms with van der Waals surface area (Å²) in [5.41, 5.74) is 1.93. The van der Waals surface area contributed by atoms with Gasteiger partial charge in [-0.1, -0.05) is 66.7 Å². The Labute approximate surface area is 174 Å². The summed E-state index contributed by atoms with van der Waals surface area (Å²) in [5, 5.41) is 14.2. The first-order valence-electron chi connectivity index (χ1n) is 9.49. The zero-order valence-corrected chi connectivity index (χ0v) is 16.8. The fourth-order valence-electron chi connectivity index (χ4n) is 3.10. The topological polar surface area (TPSA) is 69.6 Å².